The second-order valence-corrected chi connectivity index (χ2v) is 5.07. The SMILES string of the molecule is COc1cc(C)c(CCNCC(N)CN)c(C)c1C. The van der Waals surface area contributed by atoms with Crippen LogP contribution in [0.2, 0.25) is 0 Å². The molecular formula is C15H27N3O. The summed E-state index contributed by atoms with van der Waals surface area (Å²) < 4.78 is 5.39. The van der Waals surface area contributed by atoms with E-state index >= 15 is 0 Å². The first-order chi connectivity index (χ1) is 9.01. The largest absolute Gasteiger partial charge is 0.496 e. The van der Waals surface area contributed by atoms with E-state index in [1.165, 1.54) is 22.3 Å². The van der Waals surface area contributed by atoms with E-state index < -0.39 is 0 Å². The summed E-state index contributed by atoms with van der Waals surface area (Å²) in [5.74, 6) is 0.969. The fraction of sp³-hybridized carbons (Fsp3) is 0.600. The van der Waals surface area contributed by atoms with Gasteiger partial charge in [0.2, 0.25) is 0 Å². The number of hydrogen-bond donors (Lipinski definition) is 3. The van der Waals surface area contributed by atoms with Gasteiger partial charge < -0.3 is 21.5 Å². The van der Waals surface area contributed by atoms with Crippen LogP contribution in [-0.2, 0) is 6.42 Å². The van der Waals surface area contributed by atoms with E-state index in [1.54, 1.807) is 7.11 Å². The lowest BCUT2D eigenvalue weighted by atomic mass is 9.95. The highest BCUT2D eigenvalue weighted by Gasteiger charge is 2.10. The molecule has 1 atom stereocenters. The zero-order valence-electron chi connectivity index (χ0n) is 12.5. The van der Waals surface area contributed by atoms with Crippen molar-refractivity contribution in [1.82, 2.24) is 5.32 Å². The van der Waals surface area contributed by atoms with Crippen LogP contribution >= 0.6 is 0 Å². The van der Waals surface area contributed by atoms with E-state index in [4.69, 9.17) is 16.2 Å². The average Bonchev–Trinajstić information content (AvgIpc) is 2.41. The predicted octanol–water partition coefficient (Wildman–Crippen LogP) is 1.04. The van der Waals surface area contributed by atoms with E-state index in [1.807, 2.05) is 0 Å². The molecule has 0 amide bonds. The molecule has 0 aliphatic rings. The summed E-state index contributed by atoms with van der Waals surface area (Å²) in [7, 11) is 1.72. The van der Waals surface area contributed by atoms with Crippen molar-refractivity contribution in [2.45, 2.75) is 33.2 Å². The van der Waals surface area contributed by atoms with Gasteiger partial charge in [0.15, 0.2) is 0 Å². The number of nitrogens with two attached hydrogens (primary N) is 2. The summed E-state index contributed by atoms with van der Waals surface area (Å²) in [6.07, 6.45) is 1.000. The molecule has 0 saturated heterocycles. The van der Waals surface area contributed by atoms with Gasteiger partial charge in [-0.2, -0.15) is 0 Å². The molecule has 19 heavy (non-hydrogen) atoms. The maximum absolute atomic E-state index is 5.77. The van der Waals surface area contributed by atoms with Crippen molar-refractivity contribution in [1.29, 1.82) is 0 Å². The molecule has 5 N–H and O–H groups in total. The van der Waals surface area contributed by atoms with E-state index in [0.29, 0.717) is 6.54 Å². The van der Waals surface area contributed by atoms with Gasteiger partial charge in [0.25, 0.3) is 0 Å². The second-order valence-electron chi connectivity index (χ2n) is 5.07. The Hall–Kier alpha value is -1.10. The van der Waals surface area contributed by atoms with Crippen molar-refractivity contribution in [2.75, 3.05) is 26.7 Å². The molecule has 0 aliphatic carbocycles. The molecule has 4 nitrogen and oxygen atoms in total. The summed E-state index contributed by atoms with van der Waals surface area (Å²) in [4.78, 5) is 0. The van der Waals surface area contributed by atoms with Crippen molar-refractivity contribution in [3.63, 3.8) is 0 Å². The number of nitrogens with one attached hydrogen (secondary N) is 1. The van der Waals surface area contributed by atoms with Crippen molar-refractivity contribution in [2.24, 2.45) is 11.5 Å². The van der Waals surface area contributed by atoms with Crippen LogP contribution in [0.25, 0.3) is 0 Å². The fourth-order valence-corrected chi connectivity index (χ4v) is 2.28. The van der Waals surface area contributed by atoms with Crippen molar-refractivity contribution >= 4 is 0 Å². The molecule has 0 saturated carbocycles. The van der Waals surface area contributed by atoms with Crippen LogP contribution < -0.4 is 21.5 Å². The van der Waals surface area contributed by atoms with Gasteiger partial charge in [-0.25, -0.2) is 0 Å². The van der Waals surface area contributed by atoms with Gasteiger partial charge in [-0.05, 0) is 62.1 Å². The molecule has 0 spiro atoms. The smallest absolute Gasteiger partial charge is 0.122 e. The molecular weight excluding hydrogens is 238 g/mol. The van der Waals surface area contributed by atoms with Crippen LogP contribution in [0.3, 0.4) is 0 Å². The molecule has 0 aliphatic heterocycles. The topological polar surface area (TPSA) is 73.3 Å². The molecule has 1 rings (SSSR count). The van der Waals surface area contributed by atoms with E-state index in [2.05, 4.69) is 32.2 Å². The molecule has 1 unspecified atom stereocenters. The summed E-state index contributed by atoms with van der Waals surface area (Å²) in [5.41, 5.74) is 16.5. The first-order valence-corrected chi connectivity index (χ1v) is 6.81. The summed E-state index contributed by atoms with van der Waals surface area (Å²) in [6.45, 7) is 8.61. The fourth-order valence-electron chi connectivity index (χ4n) is 2.28. The van der Waals surface area contributed by atoms with Gasteiger partial charge in [-0.1, -0.05) is 0 Å². The van der Waals surface area contributed by atoms with Crippen LogP contribution in [0, 0.1) is 20.8 Å². The van der Waals surface area contributed by atoms with Crippen molar-refractivity contribution in [3.05, 3.63) is 28.3 Å². The normalized spacial score (nSPS) is 12.5. The van der Waals surface area contributed by atoms with E-state index in [0.717, 1.165) is 25.3 Å². The van der Waals surface area contributed by atoms with Crippen LogP contribution in [0.4, 0.5) is 0 Å². The van der Waals surface area contributed by atoms with Crippen LogP contribution in [0.5, 0.6) is 5.75 Å². The van der Waals surface area contributed by atoms with Gasteiger partial charge in [0.05, 0.1) is 7.11 Å². The Bertz CT molecular complexity index is 418. The molecule has 1 aromatic rings. The second kappa shape index (κ2) is 7.48. The lowest BCUT2D eigenvalue weighted by molar-refractivity contribution is 0.410. The first-order valence-electron chi connectivity index (χ1n) is 6.81. The third kappa shape index (κ3) is 4.20. The Balaban J connectivity index is 2.66. The Morgan fingerprint density at radius 3 is 2.53 bits per heavy atom. The van der Waals surface area contributed by atoms with Gasteiger partial charge in [0.1, 0.15) is 5.75 Å². The Kier molecular flexibility index (Phi) is 6.28. The quantitative estimate of drug-likeness (QED) is 0.644. The first kappa shape index (κ1) is 16.0. The minimum absolute atomic E-state index is 0.0415. The number of benzene rings is 1. The monoisotopic (exact) mass is 265 g/mol. The van der Waals surface area contributed by atoms with Gasteiger partial charge in [0, 0.05) is 19.1 Å². The Morgan fingerprint density at radius 1 is 1.26 bits per heavy atom. The van der Waals surface area contributed by atoms with Crippen LogP contribution in [0.1, 0.15) is 22.3 Å². The molecule has 1 aromatic carbocycles. The number of aryl methyl sites for hydroxylation is 1. The zero-order chi connectivity index (χ0) is 14.4. The van der Waals surface area contributed by atoms with Gasteiger partial charge >= 0.3 is 0 Å². The lowest BCUT2D eigenvalue weighted by Gasteiger charge is -2.17. The minimum atomic E-state index is 0.0415. The highest BCUT2D eigenvalue weighted by molar-refractivity contribution is 5.48. The molecule has 0 radical (unpaired) electrons. The maximum Gasteiger partial charge on any atom is 0.122 e. The molecule has 4 heteroatoms. The third-order valence-corrected chi connectivity index (χ3v) is 3.69. The highest BCUT2D eigenvalue weighted by Crippen LogP contribution is 2.27. The number of methoxy groups -OCH3 is 1. The molecule has 0 fully saturated rings. The Labute approximate surface area is 116 Å². The van der Waals surface area contributed by atoms with Crippen LogP contribution in [-0.4, -0.2) is 32.8 Å². The number of hydrogen-bond acceptors (Lipinski definition) is 4. The average molecular weight is 265 g/mol. The molecule has 108 valence electrons. The van der Waals surface area contributed by atoms with Gasteiger partial charge in [-0.15, -0.1) is 0 Å². The predicted molar refractivity (Wildman–Crippen MR) is 80.8 cm³/mol. The highest BCUT2D eigenvalue weighted by atomic mass is 16.5. The molecule has 0 aromatic heterocycles. The van der Waals surface area contributed by atoms with Crippen molar-refractivity contribution < 1.29 is 4.74 Å². The standard InChI is InChI=1S/C15H27N3O/c1-10-7-15(19-4)12(3)11(2)14(10)5-6-18-9-13(17)8-16/h7,13,18H,5-6,8-9,16-17H2,1-4H3. The summed E-state index contributed by atoms with van der Waals surface area (Å²) >= 11 is 0. The lowest BCUT2D eigenvalue weighted by Crippen LogP contribution is -2.40. The summed E-state index contributed by atoms with van der Waals surface area (Å²) in [6, 6.07) is 2.16. The summed E-state index contributed by atoms with van der Waals surface area (Å²) in [5, 5.41) is 3.35. The molecule has 0 bridgehead atoms. The number of ether oxygens (including phenoxy) is 1. The maximum atomic E-state index is 5.77. The molecule has 0 heterocycles. The van der Waals surface area contributed by atoms with Crippen molar-refractivity contribution in [3.8, 4) is 5.75 Å². The Morgan fingerprint density at radius 2 is 1.95 bits per heavy atom. The minimum Gasteiger partial charge on any atom is -0.496 e. The third-order valence-electron chi connectivity index (χ3n) is 3.69. The number of rotatable bonds is 7. The zero-order valence-corrected chi connectivity index (χ0v) is 12.5. The van der Waals surface area contributed by atoms with E-state index in [-0.39, 0.29) is 6.04 Å². The van der Waals surface area contributed by atoms with Crippen LogP contribution in [0.15, 0.2) is 6.07 Å². The van der Waals surface area contributed by atoms with E-state index in [9.17, 15) is 0 Å². The van der Waals surface area contributed by atoms with Gasteiger partial charge in [-0.3, -0.25) is 0 Å².